The second-order valence-corrected chi connectivity index (χ2v) is 9.29. The number of Topliss-reactive ketones (excluding diaryl/α,β-unsaturated/α-hetero) is 1. The van der Waals surface area contributed by atoms with Gasteiger partial charge in [0.05, 0.1) is 18.1 Å². The Labute approximate surface area is 192 Å². The molecule has 0 amide bonds. The normalized spacial score (nSPS) is 20.3. The van der Waals surface area contributed by atoms with Crippen molar-refractivity contribution in [2.75, 3.05) is 11.5 Å². The molecule has 6 nitrogen and oxygen atoms in total. The number of rotatable bonds is 4. The van der Waals surface area contributed by atoms with Crippen LogP contribution in [-0.2, 0) is 14.3 Å². The average Bonchev–Trinajstić information content (AvgIpc) is 2.74. The molecule has 2 heterocycles. The molecule has 0 saturated heterocycles. The van der Waals surface area contributed by atoms with Crippen molar-refractivity contribution in [3.8, 4) is 0 Å². The molecule has 32 heavy (non-hydrogen) atoms. The molecular weight excluding hydrogens is 426 g/mol. The number of anilines is 1. The van der Waals surface area contributed by atoms with E-state index in [1.807, 2.05) is 23.1 Å². The molecule has 0 bridgehead atoms. The lowest BCUT2D eigenvalue weighted by molar-refractivity contribution is -0.138. The molecule has 1 aromatic heterocycles. The first-order chi connectivity index (χ1) is 15.2. The largest absolute Gasteiger partial charge is 0.463 e. The molecule has 0 saturated carbocycles. The third kappa shape index (κ3) is 3.91. The van der Waals surface area contributed by atoms with Gasteiger partial charge >= 0.3 is 5.97 Å². The summed E-state index contributed by atoms with van der Waals surface area (Å²) < 4.78 is 5.38. The molecular formula is C25H26ClN3O3. The minimum atomic E-state index is -0.634. The van der Waals surface area contributed by atoms with Crippen LogP contribution in [0.3, 0.4) is 0 Å². The van der Waals surface area contributed by atoms with Crippen molar-refractivity contribution >= 4 is 29.0 Å². The Morgan fingerprint density at radius 1 is 1.25 bits per heavy atom. The smallest absolute Gasteiger partial charge is 0.338 e. The third-order valence-electron chi connectivity index (χ3n) is 5.86. The summed E-state index contributed by atoms with van der Waals surface area (Å²) in [5, 5.41) is 0.585. The van der Waals surface area contributed by atoms with Crippen molar-refractivity contribution in [1.29, 1.82) is 0 Å². The molecule has 2 aliphatic rings. The summed E-state index contributed by atoms with van der Waals surface area (Å²) in [5.74, 6) is -0.922. The zero-order valence-electron chi connectivity index (χ0n) is 18.4. The molecule has 1 aliphatic carbocycles. The van der Waals surface area contributed by atoms with E-state index >= 15 is 0 Å². The third-order valence-corrected chi connectivity index (χ3v) is 6.11. The molecule has 1 aliphatic heterocycles. The fraction of sp³-hybridized carbons (Fsp3) is 0.320. The average molecular weight is 452 g/mol. The molecule has 2 N–H and O–H groups in total. The van der Waals surface area contributed by atoms with Crippen molar-refractivity contribution in [2.45, 2.75) is 39.5 Å². The van der Waals surface area contributed by atoms with Crippen molar-refractivity contribution in [3.05, 3.63) is 82.0 Å². The van der Waals surface area contributed by atoms with Crippen LogP contribution in [0.5, 0.6) is 0 Å². The van der Waals surface area contributed by atoms with Gasteiger partial charge in [0.2, 0.25) is 0 Å². The summed E-state index contributed by atoms with van der Waals surface area (Å²) in [6.45, 7) is 6.07. The van der Waals surface area contributed by atoms with Crippen LogP contribution in [0.25, 0.3) is 0 Å². The number of aromatic nitrogens is 1. The SMILES string of the molecule is CCOC(=O)C1=C(N)N(c2ccc(Cl)cc2)C2=C(C(=O)CC(C)(C)C2)[C@@H]1c1cccnc1. The van der Waals surface area contributed by atoms with Gasteiger partial charge in [-0.25, -0.2) is 4.79 Å². The van der Waals surface area contributed by atoms with Crippen LogP contribution in [-0.4, -0.2) is 23.3 Å². The first-order valence-electron chi connectivity index (χ1n) is 10.6. The highest BCUT2D eigenvalue weighted by Crippen LogP contribution is 2.50. The van der Waals surface area contributed by atoms with Gasteiger partial charge in [0.1, 0.15) is 5.82 Å². The Morgan fingerprint density at radius 3 is 2.59 bits per heavy atom. The standard InChI is InChI=1S/C25H26ClN3O3/c1-4-32-24(31)22-20(15-6-5-11-28-14-15)21-18(12-25(2,3)13-19(21)30)29(23(22)27)17-9-7-16(26)8-10-17/h5-11,14,20H,4,12-13,27H2,1-3H3/t20-/m0/s1. The summed E-state index contributed by atoms with van der Waals surface area (Å²) in [7, 11) is 0. The number of allylic oxidation sites excluding steroid dienone is 2. The van der Waals surface area contributed by atoms with Gasteiger partial charge in [0.15, 0.2) is 5.78 Å². The number of esters is 1. The monoisotopic (exact) mass is 451 g/mol. The fourth-order valence-corrected chi connectivity index (χ4v) is 4.71. The zero-order chi connectivity index (χ0) is 23.0. The van der Waals surface area contributed by atoms with Gasteiger partial charge in [-0.1, -0.05) is 31.5 Å². The highest BCUT2D eigenvalue weighted by Gasteiger charge is 2.46. The topological polar surface area (TPSA) is 85.5 Å². The number of carbonyl (C=O) groups is 2. The minimum absolute atomic E-state index is 0.00151. The highest BCUT2D eigenvalue weighted by molar-refractivity contribution is 6.30. The molecule has 4 rings (SSSR count). The van der Waals surface area contributed by atoms with Gasteiger partial charge in [-0.2, -0.15) is 0 Å². The summed E-state index contributed by atoms with van der Waals surface area (Å²) in [6, 6.07) is 10.8. The highest BCUT2D eigenvalue weighted by atomic mass is 35.5. The Morgan fingerprint density at radius 2 is 1.97 bits per heavy atom. The van der Waals surface area contributed by atoms with E-state index in [9.17, 15) is 9.59 Å². The van der Waals surface area contributed by atoms with Gasteiger partial charge in [-0.05, 0) is 54.7 Å². The number of hydrogen-bond donors (Lipinski definition) is 1. The van der Waals surface area contributed by atoms with Gasteiger partial charge in [0.25, 0.3) is 0 Å². The molecule has 166 valence electrons. The summed E-state index contributed by atoms with van der Waals surface area (Å²) >= 11 is 6.11. The van der Waals surface area contributed by atoms with Crippen LogP contribution in [0.2, 0.25) is 5.02 Å². The van der Waals surface area contributed by atoms with Crippen LogP contribution in [0.1, 0.15) is 45.1 Å². The molecule has 0 unspecified atom stereocenters. The lowest BCUT2D eigenvalue weighted by atomic mass is 9.68. The molecule has 1 aromatic carbocycles. The van der Waals surface area contributed by atoms with E-state index in [2.05, 4.69) is 18.8 Å². The van der Waals surface area contributed by atoms with E-state index in [1.165, 1.54) is 0 Å². The summed E-state index contributed by atoms with van der Waals surface area (Å²) in [6.07, 6.45) is 4.34. The zero-order valence-corrected chi connectivity index (χ0v) is 19.1. The number of ether oxygens (including phenoxy) is 1. The van der Waals surface area contributed by atoms with Crippen molar-refractivity contribution < 1.29 is 14.3 Å². The van der Waals surface area contributed by atoms with E-state index in [0.717, 1.165) is 16.9 Å². The predicted octanol–water partition coefficient (Wildman–Crippen LogP) is 4.72. The number of hydrogen-bond acceptors (Lipinski definition) is 6. The summed E-state index contributed by atoms with van der Waals surface area (Å²) in [4.78, 5) is 32.8. The molecule has 2 aromatic rings. The van der Waals surface area contributed by atoms with E-state index in [-0.39, 0.29) is 29.2 Å². The first-order valence-corrected chi connectivity index (χ1v) is 11.0. The Hall–Kier alpha value is -3.12. The predicted molar refractivity (Wildman–Crippen MR) is 124 cm³/mol. The van der Waals surface area contributed by atoms with Crippen LogP contribution >= 0.6 is 11.6 Å². The van der Waals surface area contributed by atoms with E-state index < -0.39 is 11.9 Å². The van der Waals surface area contributed by atoms with Gasteiger partial charge < -0.3 is 10.5 Å². The number of halogens is 1. The van der Waals surface area contributed by atoms with Gasteiger partial charge in [-0.3, -0.25) is 14.7 Å². The maximum Gasteiger partial charge on any atom is 0.338 e. The molecule has 0 radical (unpaired) electrons. The number of ketones is 1. The second-order valence-electron chi connectivity index (χ2n) is 8.85. The van der Waals surface area contributed by atoms with Crippen molar-refractivity contribution in [1.82, 2.24) is 4.98 Å². The maximum atomic E-state index is 13.5. The molecule has 7 heteroatoms. The Kier molecular flexibility index (Phi) is 5.82. The summed E-state index contributed by atoms with van der Waals surface area (Å²) in [5.41, 5.74) is 9.54. The quantitative estimate of drug-likeness (QED) is 0.677. The number of pyridine rings is 1. The van der Waals surface area contributed by atoms with E-state index in [4.69, 9.17) is 22.1 Å². The Balaban J connectivity index is 2.01. The number of carbonyl (C=O) groups excluding carboxylic acids is 2. The van der Waals surface area contributed by atoms with Crippen LogP contribution < -0.4 is 10.6 Å². The van der Waals surface area contributed by atoms with Gasteiger partial charge in [-0.15, -0.1) is 0 Å². The maximum absolute atomic E-state index is 13.5. The van der Waals surface area contributed by atoms with Crippen LogP contribution in [0.4, 0.5) is 5.69 Å². The molecule has 1 atom stereocenters. The van der Waals surface area contributed by atoms with E-state index in [0.29, 0.717) is 23.4 Å². The number of nitrogens with two attached hydrogens (primary N) is 1. The van der Waals surface area contributed by atoms with E-state index in [1.54, 1.807) is 37.5 Å². The number of benzene rings is 1. The first kappa shape index (κ1) is 22.1. The lowest BCUT2D eigenvalue weighted by Crippen LogP contribution is -2.43. The van der Waals surface area contributed by atoms with Crippen molar-refractivity contribution in [3.63, 3.8) is 0 Å². The minimum Gasteiger partial charge on any atom is -0.463 e. The second kappa shape index (κ2) is 8.43. The van der Waals surface area contributed by atoms with Crippen LogP contribution in [0.15, 0.2) is 71.5 Å². The lowest BCUT2D eigenvalue weighted by Gasteiger charge is -2.44. The molecule has 0 fully saturated rings. The molecule has 0 spiro atoms. The van der Waals surface area contributed by atoms with Crippen molar-refractivity contribution in [2.24, 2.45) is 11.1 Å². The Bertz CT molecular complexity index is 1120. The number of nitrogens with zero attached hydrogens (tertiary/aromatic N) is 2. The van der Waals surface area contributed by atoms with Crippen LogP contribution in [0, 0.1) is 5.41 Å². The fourth-order valence-electron chi connectivity index (χ4n) is 4.58. The van der Waals surface area contributed by atoms with Gasteiger partial charge in [0, 0.05) is 40.8 Å².